The van der Waals surface area contributed by atoms with E-state index in [9.17, 15) is 0 Å². The molecule has 1 radical (unpaired) electrons. The van der Waals surface area contributed by atoms with E-state index in [0.717, 1.165) is 0 Å². The zero-order valence-electron chi connectivity index (χ0n) is 5.52. The Kier molecular flexibility index (Phi) is 6.34. The van der Waals surface area contributed by atoms with Crippen LogP contribution in [0.1, 0.15) is 26.7 Å². The lowest BCUT2D eigenvalue weighted by Crippen LogP contribution is -1.84. The van der Waals surface area contributed by atoms with Crippen molar-refractivity contribution >= 4 is 24.4 Å². The van der Waals surface area contributed by atoms with Crippen molar-refractivity contribution in [2.45, 2.75) is 31.3 Å². The molecule has 0 rings (SSSR count). The van der Waals surface area contributed by atoms with Crippen LogP contribution in [-0.2, 0) is 0 Å². The summed E-state index contributed by atoms with van der Waals surface area (Å²) >= 11 is 6.83. The number of rotatable bonds is 4. The Morgan fingerprint density at radius 2 is 2.25 bits per heavy atom. The molecule has 0 fully saturated rings. The summed E-state index contributed by atoms with van der Waals surface area (Å²) in [4.78, 5) is 0. The van der Waals surface area contributed by atoms with Crippen molar-refractivity contribution in [1.29, 1.82) is 0 Å². The number of hydrogen-bond acceptors (Lipinski definition) is 1. The molecule has 0 bridgehead atoms. The molecular weight excluding hydrogens is 136 g/mol. The van der Waals surface area contributed by atoms with Crippen molar-refractivity contribution in [2.24, 2.45) is 0 Å². The predicted octanol–water partition coefficient (Wildman–Crippen LogP) is 3.06. The van der Waals surface area contributed by atoms with Crippen LogP contribution >= 0.6 is 24.4 Å². The van der Waals surface area contributed by atoms with E-state index in [4.69, 9.17) is 12.6 Å². The van der Waals surface area contributed by atoms with Crippen LogP contribution in [0.15, 0.2) is 0 Å². The van der Waals surface area contributed by atoms with Gasteiger partial charge in [-0.3, -0.25) is 0 Å². The number of unbranched alkanes of at least 4 members (excludes halogenated alkanes) is 1. The molecule has 2 heteroatoms. The van der Waals surface area contributed by atoms with Gasteiger partial charge in [-0.05, 0) is 19.1 Å². The highest BCUT2D eigenvalue weighted by atomic mass is 32.2. The minimum Gasteiger partial charge on any atom is -0.147 e. The van der Waals surface area contributed by atoms with Crippen LogP contribution in [0.4, 0.5) is 0 Å². The van der Waals surface area contributed by atoms with Crippen molar-refractivity contribution in [3.8, 4) is 0 Å². The molecule has 0 saturated heterocycles. The summed E-state index contributed by atoms with van der Waals surface area (Å²) in [5.74, 6) is 1.24. The van der Waals surface area contributed by atoms with Crippen molar-refractivity contribution in [2.75, 3.05) is 5.75 Å². The van der Waals surface area contributed by atoms with E-state index < -0.39 is 0 Å². The highest BCUT2D eigenvalue weighted by Crippen LogP contribution is 2.14. The van der Waals surface area contributed by atoms with Gasteiger partial charge in [-0.25, -0.2) is 0 Å². The predicted molar refractivity (Wildman–Crippen MR) is 44.4 cm³/mol. The monoisotopic (exact) mass is 149 g/mol. The van der Waals surface area contributed by atoms with E-state index in [1.807, 2.05) is 11.8 Å². The molecule has 0 aliphatic rings. The average molecular weight is 149 g/mol. The first kappa shape index (κ1) is 8.70. The Morgan fingerprint density at radius 1 is 1.62 bits per heavy atom. The Bertz CT molecular complexity index is 43.8. The minimum absolute atomic E-state index is 0.404. The van der Waals surface area contributed by atoms with E-state index in [1.165, 1.54) is 18.6 Å². The molecule has 0 spiro atoms. The topological polar surface area (TPSA) is 0 Å². The highest BCUT2D eigenvalue weighted by molar-refractivity contribution is 8.10. The third kappa shape index (κ3) is 6.70. The number of thioether (sulfide) groups is 1. The molecule has 49 valence electrons. The highest BCUT2D eigenvalue weighted by Gasteiger charge is 1.92. The molecule has 0 aliphatic heterocycles. The molecule has 0 aromatic heterocycles. The van der Waals surface area contributed by atoms with Gasteiger partial charge < -0.3 is 0 Å². The molecule has 1 unspecified atom stereocenters. The van der Waals surface area contributed by atoms with Crippen LogP contribution in [0.3, 0.4) is 0 Å². The summed E-state index contributed by atoms with van der Waals surface area (Å²) < 4.78 is 0.404. The van der Waals surface area contributed by atoms with E-state index in [0.29, 0.717) is 4.58 Å². The molecule has 0 aromatic rings. The lowest BCUT2D eigenvalue weighted by molar-refractivity contribution is 0.896. The Balaban J connectivity index is 2.72. The molecule has 0 amide bonds. The maximum Gasteiger partial charge on any atom is 0.0578 e. The second kappa shape index (κ2) is 5.83. The fourth-order valence-electron chi connectivity index (χ4n) is 0.394. The molecule has 0 saturated carbocycles. The maximum absolute atomic E-state index is 4.96. The van der Waals surface area contributed by atoms with Gasteiger partial charge in [-0.15, -0.1) is 11.8 Å². The largest absolute Gasteiger partial charge is 0.147 e. The third-order valence-corrected chi connectivity index (χ3v) is 2.25. The third-order valence-electron chi connectivity index (χ3n) is 0.850. The summed E-state index contributed by atoms with van der Waals surface area (Å²) in [6.07, 6.45) is 2.60. The molecule has 0 heterocycles. The first-order valence-electron chi connectivity index (χ1n) is 3.04. The summed E-state index contributed by atoms with van der Waals surface area (Å²) in [5.41, 5.74) is 0. The lowest BCUT2D eigenvalue weighted by atomic mass is 10.4. The van der Waals surface area contributed by atoms with Crippen LogP contribution in [0.5, 0.6) is 0 Å². The first-order valence-corrected chi connectivity index (χ1v) is 4.56. The minimum atomic E-state index is 0.404. The van der Waals surface area contributed by atoms with E-state index in [-0.39, 0.29) is 0 Å². The van der Waals surface area contributed by atoms with Crippen molar-refractivity contribution < 1.29 is 0 Å². The standard InChI is InChI=1S/C6H13S2/c1-3-4-5-8-6(2)7/h6H,3-5H2,1-2H3. The summed E-state index contributed by atoms with van der Waals surface area (Å²) in [6.45, 7) is 4.27. The molecule has 0 aromatic carbocycles. The van der Waals surface area contributed by atoms with Gasteiger partial charge in [0, 0.05) is 0 Å². The van der Waals surface area contributed by atoms with Gasteiger partial charge in [-0.1, -0.05) is 26.0 Å². The van der Waals surface area contributed by atoms with Crippen LogP contribution in [0.2, 0.25) is 0 Å². The Morgan fingerprint density at radius 3 is 2.62 bits per heavy atom. The fraction of sp³-hybridized carbons (Fsp3) is 1.00. The van der Waals surface area contributed by atoms with Crippen LogP contribution < -0.4 is 0 Å². The molecular formula is C6H13S2. The molecule has 1 atom stereocenters. The Labute approximate surface area is 61.8 Å². The van der Waals surface area contributed by atoms with Crippen LogP contribution in [0, 0.1) is 0 Å². The van der Waals surface area contributed by atoms with Gasteiger partial charge >= 0.3 is 0 Å². The Hall–Kier alpha value is 0.700. The van der Waals surface area contributed by atoms with E-state index >= 15 is 0 Å². The van der Waals surface area contributed by atoms with E-state index in [2.05, 4.69) is 13.8 Å². The second-order valence-corrected chi connectivity index (χ2v) is 4.25. The van der Waals surface area contributed by atoms with Gasteiger partial charge in [0.1, 0.15) is 0 Å². The molecule has 0 N–H and O–H groups in total. The summed E-state index contributed by atoms with van der Waals surface area (Å²) in [6, 6.07) is 0. The van der Waals surface area contributed by atoms with Gasteiger partial charge in [0.25, 0.3) is 0 Å². The van der Waals surface area contributed by atoms with Crippen molar-refractivity contribution in [1.82, 2.24) is 0 Å². The normalized spacial score (nSPS) is 13.9. The van der Waals surface area contributed by atoms with Gasteiger partial charge in [0.2, 0.25) is 0 Å². The van der Waals surface area contributed by atoms with Gasteiger partial charge in [0.05, 0.1) is 4.58 Å². The maximum atomic E-state index is 4.96. The average Bonchev–Trinajstić information content (AvgIpc) is 1.66. The van der Waals surface area contributed by atoms with Crippen LogP contribution in [0.25, 0.3) is 0 Å². The summed E-state index contributed by atoms with van der Waals surface area (Å²) in [7, 11) is 0. The second-order valence-electron chi connectivity index (χ2n) is 1.79. The quantitative estimate of drug-likeness (QED) is 0.554. The fourth-order valence-corrected chi connectivity index (χ4v) is 1.47. The van der Waals surface area contributed by atoms with Crippen molar-refractivity contribution in [3.05, 3.63) is 0 Å². The van der Waals surface area contributed by atoms with Gasteiger partial charge in [-0.2, -0.15) is 0 Å². The zero-order chi connectivity index (χ0) is 6.41. The van der Waals surface area contributed by atoms with Crippen molar-refractivity contribution in [3.63, 3.8) is 0 Å². The van der Waals surface area contributed by atoms with Crippen LogP contribution in [-0.4, -0.2) is 10.3 Å². The molecule has 0 nitrogen and oxygen atoms in total. The van der Waals surface area contributed by atoms with E-state index in [1.54, 1.807) is 0 Å². The lowest BCUT2D eigenvalue weighted by Gasteiger charge is -1.99. The molecule has 0 aliphatic carbocycles. The smallest absolute Gasteiger partial charge is 0.0578 e. The first-order chi connectivity index (χ1) is 3.77. The summed E-state index contributed by atoms with van der Waals surface area (Å²) in [5, 5.41) is 0. The zero-order valence-corrected chi connectivity index (χ0v) is 7.15. The van der Waals surface area contributed by atoms with Gasteiger partial charge in [0.15, 0.2) is 0 Å². The SMILES string of the molecule is CCCCSC(C)[S]. The number of hydrogen-bond donors (Lipinski definition) is 0. The molecule has 8 heavy (non-hydrogen) atoms.